The van der Waals surface area contributed by atoms with E-state index in [1.807, 2.05) is 4.90 Å². The van der Waals surface area contributed by atoms with E-state index < -0.39 is 0 Å². The van der Waals surface area contributed by atoms with Gasteiger partial charge in [-0.3, -0.25) is 14.4 Å². The summed E-state index contributed by atoms with van der Waals surface area (Å²) in [6.07, 6.45) is 7.28. The Morgan fingerprint density at radius 2 is 1.92 bits per heavy atom. The predicted octanol–water partition coefficient (Wildman–Crippen LogP) is 0.892. The average Bonchev–Trinajstić information content (AvgIpc) is 2.90. The second-order valence-corrected chi connectivity index (χ2v) is 7.14. The molecule has 0 radical (unpaired) electrons. The van der Waals surface area contributed by atoms with E-state index in [-0.39, 0.29) is 23.8 Å². The summed E-state index contributed by atoms with van der Waals surface area (Å²) in [5, 5.41) is 8.15. The normalized spacial score (nSPS) is 25.9. The molecule has 0 aromatic carbocycles. The Bertz CT molecular complexity index is 554. The van der Waals surface area contributed by atoms with Gasteiger partial charge in [-0.05, 0) is 18.8 Å². The van der Waals surface area contributed by atoms with Gasteiger partial charge in [-0.15, -0.1) is 0 Å². The largest absolute Gasteiger partial charge is 0.346 e. The molecule has 2 aliphatic heterocycles. The summed E-state index contributed by atoms with van der Waals surface area (Å²) < 4.78 is 0. The van der Waals surface area contributed by atoms with Crippen LogP contribution < -0.4 is 5.32 Å². The van der Waals surface area contributed by atoms with Gasteiger partial charge in [0.25, 0.3) is 5.91 Å². The van der Waals surface area contributed by atoms with Crippen LogP contribution in [0.1, 0.15) is 51.4 Å². The second kappa shape index (κ2) is 7.32. The maximum atomic E-state index is 12.3. The number of hydrogen-bond donors (Lipinski definition) is 1. The summed E-state index contributed by atoms with van der Waals surface area (Å²) in [6, 6.07) is -0.153. The van der Waals surface area contributed by atoms with E-state index >= 15 is 0 Å². The van der Waals surface area contributed by atoms with Gasteiger partial charge >= 0.3 is 0 Å². The van der Waals surface area contributed by atoms with Crippen molar-refractivity contribution in [1.29, 1.82) is 0 Å². The van der Waals surface area contributed by atoms with E-state index in [1.165, 1.54) is 37.1 Å². The molecule has 0 spiro atoms. The summed E-state index contributed by atoms with van der Waals surface area (Å²) in [4.78, 5) is 37.8. The fourth-order valence-corrected chi connectivity index (χ4v) is 3.83. The van der Waals surface area contributed by atoms with Crippen LogP contribution in [0.15, 0.2) is 5.10 Å². The topological polar surface area (TPSA) is 82.1 Å². The second-order valence-electron chi connectivity index (χ2n) is 7.14. The third kappa shape index (κ3) is 3.94. The zero-order chi connectivity index (χ0) is 17.1. The van der Waals surface area contributed by atoms with Crippen LogP contribution in [0.2, 0.25) is 0 Å². The molecule has 24 heavy (non-hydrogen) atoms. The SMILES string of the molecule is CN1N=C(C(=O)N[C@@H]2CC(=O)N(CC3CCCCC3)C2)CCC1=O. The molecule has 0 aromatic heterocycles. The molecule has 3 rings (SSSR count). The monoisotopic (exact) mass is 334 g/mol. The van der Waals surface area contributed by atoms with Gasteiger partial charge in [0, 0.05) is 39.4 Å². The summed E-state index contributed by atoms with van der Waals surface area (Å²) in [5.41, 5.74) is 0.371. The molecule has 0 aromatic rings. The number of likely N-dealkylation sites (tertiary alicyclic amines) is 1. The molecule has 1 saturated carbocycles. The zero-order valence-electron chi connectivity index (χ0n) is 14.3. The van der Waals surface area contributed by atoms with Gasteiger partial charge in [0.2, 0.25) is 11.8 Å². The Hall–Kier alpha value is -1.92. The van der Waals surface area contributed by atoms with Crippen LogP contribution in [0.25, 0.3) is 0 Å². The van der Waals surface area contributed by atoms with Gasteiger partial charge in [0.1, 0.15) is 5.71 Å². The van der Waals surface area contributed by atoms with Crippen molar-refractivity contribution < 1.29 is 14.4 Å². The number of nitrogens with zero attached hydrogens (tertiary/aromatic N) is 3. The van der Waals surface area contributed by atoms with Crippen molar-refractivity contribution in [1.82, 2.24) is 15.2 Å². The highest BCUT2D eigenvalue weighted by Crippen LogP contribution is 2.26. The number of hydrogen-bond acceptors (Lipinski definition) is 4. The highest BCUT2D eigenvalue weighted by Gasteiger charge is 2.33. The van der Waals surface area contributed by atoms with Crippen molar-refractivity contribution in [2.45, 2.75) is 57.4 Å². The molecule has 0 bridgehead atoms. The molecule has 1 aliphatic carbocycles. The molecule has 132 valence electrons. The molecule has 2 fully saturated rings. The molecule has 1 N–H and O–H groups in total. The number of nitrogens with one attached hydrogen (secondary N) is 1. The number of rotatable bonds is 4. The summed E-state index contributed by atoms with van der Waals surface area (Å²) in [6.45, 7) is 1.41. The Kier molecular flexibility index (Phi) is 5.16. The number of amides is 3. The molecular formula is C17H26N4O3. The minimum atomic E-state index is -0.258. The predicted molar refractivity (Wildman–Crippen MR) is 89.1 cm³/mol. The molecule has 3 amide bonds. The van der Waals surface area contributed by atoms with Gasteiger partial charge in [-0.2, -0.15) is 5.10 Å². The van der Waals surface area contributed by atoms with Crippen molar-refractivity contribution in [2.24, 2.45) is 11.0 Å². The third-order valence-corrected chi connectivity index (χ3v) is 5.22. The Morgan fingerprint density at radius 3 is 2.62 bits per heavy atom. The van der Waals surface area contributed by atoms with Crippen LogP contribution in [0.5, 0.6) is 0 Å². The van der Waals surface area contributed by atoms with Crippen molar-refractivity contribution >= 4 is 23.4 Å². The molecule has 2 heterocycles. The van der Waals surface area contributed by atoms with Gasteiger partial charge < -0.3 is 10.2 Å². The molecular weight excluding hydrogens is 308 g/mol. The maximum Gasteiger partial charge on any atom is 0.267 e. The van der Waals surface area contributed by atoms with Gasteiger partial charge in [0.05, 0.1) is 6.04 Å². The standard InChI is InChI=1S/C17H26N4O3/c1-20-15(22)8-7-14(19-20)17(24)18-13-9-16(23)21(11-13)10-12-5-3-2-4-6-12/h12-13H,2-11H2,1H3,(H,18,24)/t13-/m1/s1. The molecule has 7 nitrogen and oxygen atoms in total. The van der Waals surface area contributed by atoms with Gasteiger partial charge in [-0.25, -0.2) is 5.01 Å². The van der Waals surface area contributed by atoms with Crippen molar-refractivity contribution in [3.05, 3.63) is 0 Å². The first kappa shape index (κ1) is 16.9. The van der Waals surface area contributed by atoms with E-state index in [4.69, 9.17) is 0 Å². The van der Waals surface area contributed by atoms with E-state index in [9.17, 15) is 14.4 Å². The van der Waals surface area contributed by atoms with Crippen LogP contribution in [0, 0.1) is 5.92 Å². The summed E-state index contributed by atoms with van der Waals surface area (Å²) in [7, 11) is 1.56. The highest BCUT2D eigenvalue weighted by molar-refractivity contribution is 6.39. The van der Waals surface area contributed by atoms with E-state index in [2.05, 4.69) is 10.4 Å². The minimum absolute atomic E-state index is 0.0822. The highest BCUT2D eigenvalue weighted by atomic mass is 16.2. The quantitative estimate of drug-likeness (QED) is 0.829. The van der Waals surface area contributed by atoms with E-state index in [1.54, 1.807) is 7.05 Å². The van der Waals surface area contributed by atoms with Crippen LogP contribution in [0.4, 0.5) is 0 Å². The lowest BCUT2D eigenvalue weighted by atomic mass is 9.89. The number of hydrazone groups is 1. The lowest BCUT2D eigenvalue weighted by Crippen LogP contribution is -2.43. The first-order valence-electron chi connectivity index (χ1n) is 8.95. The molecule has 7 heteroatoms. The third-order valence-electron chi connectivity index (χ3n) is 5.22. The van der Waals surface area contributed by atoms with Crippen LogP contribution in [-0.2, 0) is 14.4 Å². The molecule has 0 unspecified atom stereocenters. The molecule has 1 atom stereocenters. The van der Waals surface area contributed by atoms with E-state index in [0.29, 0.717) is 37.4 Å². The minimum Gasteiger partial charge on any atom is -0.346 e. The number of carbonyl (C=O) groups is 3. The summed E-state index contributed by atoms with van der Waals surface area (Å²) >= 11 is 0. The van der Waals surface area contributed by atoms with Gasteiger partial charge in [-0.1, -0.05) is 19.3 Å². The first-order chi connectivity index (χ1) is 11.5. The van der Waals surface area contributed by atoms with Gasteiger partial charge in [0.15, 0.2) is 0 Å². The molecule has 3 aliphatic rings. The fourth-order valence-electron chi connectivity index (χ4n) is 3.83. The number of carbonyl (C=O) groups excluding carboxylic acids is 3. The van der Waals surface area contributed by atoms with Crippen LogP contribution >= 0.6 is 0 Å². The lowest BCUT2D eigenvalue weighted by Gasteiger charge is -2.27. The Labute approximate surface area is 142 Å². The smallest absolute Gasteiger partial charge is 0.267 e. The molecule has 1 saturated heterocycles. The van der Waals surface area contributed by atoms with Crippen LogP contribution in [-0.4, -0.2) is 59.5 Å². The van der Waals surface area contributed by atoms with Crippen LogP contribution in [0.3, 0.4) is 0 Å². The maximum absolute atomic E-state index is 12.3. The Balaban J connectivity index is 1.51. The summed E-state index contributed by atoms with van der Waals surface area (Å²) in [5.74, 6) is 0.399. The first-order valence-corrected chi connectivity index (χ1v) is 8.95. The Morgan fingerprint density at radius 1 is 1.17 bits per heavy atom. The van der Waals surface area contributed by atoms with E-state index in [0.717, 1.165) is 6.54 Å². The van der Waals surface area contributed by atoms with Crippen molar-refractivity contribution in [3.8, 4) is 0 Å². The zero-order valence-corrected chi connectivity index (χ0v) is 14.3. The van der Waals surface area contributed by atoms with Crippen molar-refractivity contribution in [3.63, 3.8) is 0 Å². The lowest BCUT2D eigenvalue weighted by molar-refractivity contribution is -0.130. The fraction of sp³-hybridized carbons (Fsp3) is 0.765. The van der Waals surface area contributed by atoms with Crippen molar-refractivity contribution in [2.75, 3.05) is 20.1 Å². The average molecular weight is 334 g/mol.